The Bertz CT molecular complexity index is 220. The van der Waals surface area contributed by atoms with Crippen molar-refractivity contribution in [2.45, 2.75) is 0 Å². The summed E-state index contributed by atoms with van der Waals surface area (Å²) in [5.41, 5.74) is 0. The van der Waals surface area contributed by atoms with Crippen LogP contribution < -0.4 is 0 Å². The van der Waals surface area contributed by atoms with E-state index >= 15 is 0 Å². The Hall–Kier alpha value is 1.000. The summed E-state index contributed by atoms with van der Waals surface area (Å²) < 4.78 is 20.7. The lowest BCUT2D eigenvalue weighted by atomic mass is 11.0. The van der Waals surface area contributed by atoms with Crippen LogP contribution in [-0.4, -0.2) is 43.4 Å². The van der Waals surface area contributed by atoms with E-state index in [4.69, 9.17) is 19.6 Å². The number of hydrogen-bond donors (Lipinski definition) is 4. The zero-order valence-electron chi connectivity index (χ0n) is 7.14. The third-order valence-electron chi connectivity index (χ3n) is 1.02. The first-order valence-electron chi connectivity index (χ1n) is 3.54. The quantitative estimate of drug-likeness (QED) is 0.307. The van der Waals surface area contributed by atoms with Crippen molar-refractivity contribution in [3.8, 4) is 0 Å². The van der Waals surface area contributed by atoms with Gasteiger partial charge in [0.2, 0.25) is 0 Å². The van der Waals surface area contributed by atoms with Gasteiger partial charge in [0.05, 0.1) is 12.3 Å². The predicted octanol–water partition coefficient (Wildman–Crippen LogP) is 0.723. The largest absolute Gasteiger partial charge is 0.326 e. The molecular weight excluding hydrogens is 270 g/mol. The minimum absolute atomic E-state index is 0.208. The van der Waals surface area contributed by atoms with Crippen molar-refractivity contribution in [2.24, 2.45) is 0 Å². The molecule has 0 aliphatic rings. The van der Waals surface area contributed by atoms with Gasteiger partial charge in [0, 0.05) is 11.5 Å². The van der Waals surface area contributed by atoms with Crippen LogP contribution in [0.2, 0.25) is 0 Å². The zero-order valence-corrected chi connectivity index (χ0v) is 10.6. The highest BCUT2D eigenvalue weighted by molar-refractivity contribution is 8.76. The standard InChI is InChI=1S/C4H12O6P2S2/c5-11(6,7)1-3-13-14-4-2-12(8,9)10/h1-4H2,(H2,5,6,7)(H2,8,9,10). The van der Waals surface area contributed by atoms with Crippen LogP contribution in [0, 0.1) is 0 Å². The highest BCUT2D eigenvalue weighted by Crippen LogP contribution is 2.39. The molecule has 6 nitrogen and oxygen atoms in total. The van der Waals surface area contributed by atoms with Crippen molar-refractivity contribution in [3.63, 3.8) is 0 Å². The van der Waals surface area contributed by atoms with E-state index < -0.39 is 15.2 Å². The van der Waals surface area contributed by atoms with Crippen LogP contribution in [0.25, 0.3) is 0 Å². The van der Waals surface area contributed by atoms with Crippen molar-refractivity contribution in [1.82, 2.24) is 0 Å². The van der Waals surface area contributed by atoms with Crippen LogP contribution in [0.3, 0.4) is 0 Å². The second-order valence-electron chi connectivity index (χ2n) is 2.42. The molecule has 0 aliphatic carbocycles. The molecule has 0 saturated carbocycles. The molecular formula is C4H12O6P2S2. The fourth-order valence-corrected chi connectivity index (χ4v) is 5.21. The molecule has 10 heteroatoms. The van der Waals surface area contributed by atoms with Crippen LogP contribution >= 0.6 is 36.8 Å². The van der Waals surface area contributed by atoms with Crippen LogP contribution in [0.15, 0.2) is 0 Å². The first kappa shape index (κ1) is 15.0. The summed E-state index contributed by atoms with van der Waals surface area (Å²) >= 11 is 0. The molecule has 0 saturated heterocycles. The maximum absolute atomic E-state index is 10.4. The van der Waals surface area contributed by atoms with Crippen LogP contribution in [-0.2, 0) is 9.13 Å². The van der Waals surface area contributed by atoms with Crippen LogP contribution in [0.5, 0.6) is 0 Å². The summed E-state index contributed by atoms with van der Waals surface area (Å²) in [7, 11) is -5.47. The highest BCUT2D eigenvalue weighted by Gasteiger charge is 2.13. The number of rotatable bonds is 7. The SMILES string of the molecule is O=P(O)(O)CCSSCCP(=O)(O)O. The van der Waals surface area contributed by atoms with E-state index in [-0.39, 0.29) is 23.8 Å². The van der Waals surface area contributed by atoms with Gasteiger partial charge in [-0.15, -0.1) is 0 Å². The Morgan fingerprint density at radius 2 is 1.07 bits per heavy atom. The maximum Gasteiger partial charge on any atom is 0.326 e. The summed E-state index contributed by atoms with van der Waals surface area (Å²) in [6, 6.07) is 0. The molecule has 0 spiro atoms. The fourth-order valence-electron chi connectivity index (χ4n) is 0.430. The molecule has 0 aromatic carbocycles. The van der Waals surface area contributed by atoms with E-state index in [1.807, 2.05) is 0 Å². The van der Waals surface area contributed by atoms with Gasteiger partial charge in [0.15, 0.2) is 0 Å². The molecule has 0 aromatic heterocycles. The van der Waals surface area contributed by atoms with Gasteiger partial charge in [-0.2, -0.15) is 0 Å². The first-order chi connectivity index (χ1) is 6.21. The fraction of sp³-hybridized carbons (Fsp3) is 1.00. The lowest BCUT2D eigenvalue weighted by molar-refractivity contribution is 0.373. The Morgan fingerprint density at radius 3 is 1.29 bits per heavy atom. The van der Waals surface area contributed by atoms with Gasteiger partial charge in [0.1, 0.15) is 0 Å². The Morgan fingerprint density at radius 1 is 0.786 bits per heavy atom. The van der Waals surface area contributed by atoms with Crippen LogP contribution in [0.4, 0.5) is 0 Å². The smallest absolute Gasteiger partial charge is 0.324 e. The average Bonchev–Trinajstić information content (AvgIpc) is 1.92. The van der Waals surface area contributed by atoms with E-state index in [0.29, 0.717) is 0 Å². The summed E-state index contributed by atoms with van der Waals surface area (Å²) in [6.07, 6.45) is -0.416. The second-order valence-corrected chi connectivity index (χ2v) is 8.68. The zero-order chi connectivity index (χ0) is 11.2. The van der Waals surface area contributed by atoms with Gasteiger partial charge in [-0.25, -0.2) is 0 Å². The minimum Gasteiger partial charge on any atom is -0.324 e. The van der Waals surface area contributed by atoms with Crippen LogP contribution in [0.1, 0.15) is 0 Å². The molecule has 0 rings (SSSR count). The van der Waals surface area contributed by atoms with E-state index in [0.717, 1.165) is 0 Å². The lowest BCUT2D eigenvalue weighted by Gasteiger charge is -2.04. The molecule has 0 radical (unpaired) electrons. The van der Waals surface area contributed by atoms with Gasteiger partial charge in [-0.1, -0.05) is 21.6 Å². The Balaban J connectivity index is 3.32. The molecule has 0 aromatic rings. The van der Waals surface area contributed by atoms with Crippen molar-refractivity contribution in [1.29, 1.82) is 0 Å². The third-order valence-corrected chi connectivity index (χ3v) is 5.64. The average molecular weight is 282 g/mol. The van der Waals surface area contributed by atoms with Crippen molar-refractivity contribution >= 4 is 36.8 Å². The monoisotopic (exact) mass is 282 g/mol. The Labute approximate surface area is 89.6 Å². The summed E-state index contributed by atoms with van der Waals surface area (Å²) in [6.45, 7) is 0. The van der Waals surface area contributed by atoms with Crippen molar-refractivity contribution in [2.75, 3.05) is 23.8 Å². The second kappa shape index (κ2) is 6.55. The molecule has 4 N–H and O–H groups in total. The molecule has 0 atom stereocenters. The lowest BCUT2D eigenvalue weighted by Crippen LogP contribution is -1.92. The highest BCUT2D eigenvalue weighted by atomic mass is 33.1. The molecule has 0 heterocycles. The maximum atomic E-state index is 10.4. The molecule has 0 aliphatic heterocycles. The summed E-state index contributed by atoms with van der Waals surface area (Å²) in [4.78, 5) is 33.9. The summed E-state index contributed by atoms with van der Waals surface area (Å²) in [5.74, 6) is 0.548. The van der Waals surface area contributed by atoms with Gasteiger partial charge >= 0.3 is 15.2 Å². The predicted molar refractivity (Wildman–Crippen MR) is 58.7 cm³/mol. The van der Waals surface area contributed by atoms with Gasteiger partial charge in [-0.05, 0) is 0 Å². The molecule has 14 heavy (non-hydrogen) atoms. The topological polar surface area (TPSA) is 115 Å². The summed E-state index contributed by atoms with van der Waals surface area (Å²) in [5, 5.41) is 0. The van der Waals surface area contributed by atoms with E-state index in [1.54, 1.807) is 0 Å². The third kappa shape index (κ3) is 13.0. The number of hydrogen-bond acceptors (Lipinski definition) is 4. The van der Waals surface area contributed by atoms with Crippen molar-refractivity contribution in [3.05, 3.63) is 0 Å². The molecule has 86 valence electrons. The molecule has 0 bridgehead atoms. The minimum atomic E-state index is -3.93. The Kier molecular flexibility index (Phi) is 7.02. The molecule has 0 fully saturated rings. The van der Waals surface area contributed by atoms with E-state index in [1.165, 1.54) is 21.6 Å². The van der Waals surface area contributed by atoms with E-state index in [2.05, 4.69) is 0 Å². The van der Waals surface area contributed by atoms with Gasteiger partial charge < -0.3 is 19.6 Å². The van der Waals surface area contributed by atoms with Crippen molar-refractivity contribution < 1.29 is 28.7 Å². The van der Waals surface area contributed by atoms with E-state index in [9.17, 15) is 9.13 Å². The first-order valence-corrected chi connectivity index (χ1v) is 9.62. The molecule has 0 unspecified atom stereocenters. The molecule has 0 amide bonds. The normalized spacial score (nSPS) is 13.1. The van der Waals surface area contributed by atoms with Gasteiger partial charge in [0.25, 0.3) is 0 Å². The van der Waals surface area contributed by atoms with Gasteiger partial charge in [-0.3, -0.25) is 9.13 Å².